The van der Waals surface area contributed by atoms with Gasteiger partial charge in [0.25, 0.3) is 0 Å². The minimum absolute atomic E-state index is 0.299. The highest BCUT2D eigenvalue weighted by atomic mass is 79.9. The molecule has 0 atom stereocenters. The Kier molecular flexibility index (Phi) is 3.02. The van der Waals surface area contributed by atoms with Crippen LogP contribution in [0.2, 0.25) is 0 Å². The molecule has 2 aromatic carbocycles. The standard InChI is InChI=1S/C13H7BrFN/c14-12-5-11(6-13(15)7-12)10-3-1-2-9(4-10)8-16/h1-7H. The van der Waals surface area contributed by atoms with E-state index >= 15 is 0 Å². The van der Waals surface area contributed by atoms with Crippen molar-refractivity contribution in [2.24, 2.45) is 0 Å². The molecule has 0 bridgehead atoms. The van der Waals surface area contributed by atoms with Crippen LogP contribution in [-0.4, -0.2) is 0 Å². The van der Waals surface area contributed by atoms with Gasteiger partial charge in [0.15, 0.2) is 0 Å². The lowest BCUT2D eigenvalue weighted by atomic mass is 10.0. The SMILES string of the molecule is N#Cc1cccc(-c2cc(F)cc(Br)c2)c1. The van der Waals surface area contributed by atoms with Gasteiger partial charge in [0, 0.05) is 4.47 Å². The topological polar surface area (TPSA) is 23.8 Å². The van der Waals surface area contributed by atoms with Crippen LogP contribution in [0.3, 0.4) is 0 Å². The second-order valence-electron chi connectivity index (χ2n) is 3.35. The number of benzene rings is 2. The minimum Gasteiger partial charge on any atom is -0.207 e. The molecule has 3 heteroatoms. The molecule has 0 saturated heterocycles. The number of halogens is 2. The first-order valence-corrected chi connectivity index (χ1v) is 5.45. The summed E-state index contributed by atoms with van der Waals surface area (Å²) in [6.45, 7) is 0. The van der Waals surface area contributed by atoms with Crippen molar-refractivity contribution in [2.45, 2.75) is 0 Å². The van der Waals surface area contributed by atoms with E-state index in [0.29, 0.717) is 10.0 Å². The van der Waals surface area contributed by atoms with Crippen LogP contribution < -0.4 is 0 Å². The Hall–Kier alpha value is -1.66. The highest BCUT2D eigenvalue weighted by molar-refractivity contribution is 9.10. The third-order valence-electron chi connectivity index (χ3n) is 2.19. The summed E-state index contributed by atoms with van der Waals surface area (Å²) in [5.74, 6) is -0.299. The molecule has 0 unspecified atom stereocenters. The molecule has 0 aromatic heterocycles. The van der Waals surface area contributed by atoms with Crippen LogP contribution in [-0.2, 0) is 0 Å². The summed E-state index contributed by atoms with van der Waals surface area (Å²) in [7, 11) is 0. The van der Waals surface area contributed by atoms with E-state index in [-0.39, 0.29) is 5.82 Å². The molecule has 0 aliphatic rings. The highest BCUT2D eigenvalue weighted by Gasteiger charge is 2.02. The smallest absolute Gasteiger partial charge is 0.124 e. The van der Waals surface area contributed by atoms with Gasteiger partial charge in [-0.3, -0.25) is 0 Å². The average molecular weight is 276 g/mol. The second-order valence-corrected chi connectivity index (χ2v) is 4.27. The molecule has 0 aliphatic carbocycles. The van der Waals surface area contributed by atoms with Gasteiger partial charge in [-0.15, -0.1) is 0 Å². The predicted octanol–water partition coefficient (Wildman–Crippen LogP) is 4.13. The monoisotopic (exact) mass is 275 g/mol. The summed E-state index contributed by atoms with van der Waals surface area (Å²) in [4.78, 5) is 0. The maximum Gasteiger partial charge on any atom is 0.124 e. The maximum absolute atomic E-state index is 13.2. The second kappa shape index (κ2) is 4.46. The number of hydrogen-bond acceptors (Lipinski definition) is 1. The molecule has 2 aromatic rings. The summed E-state index contributed by atoms with van der Waals surface area (Å²) in [6, 6.07) is 13.8. The Morgan fingerprint density at radius 2 is 1.88 bits per heavy atom. The molecule has 0 aliphatic heterocycles. The molecule has 16 heavy (non-hydrogen) atoms. The molecule has 0 fully saturated rings. The van der Waals surface area contributed by atoms with Gasteiger partial charge in [-0.25, -0.2) is 4.39 Å². The molecule has 0 heterocycles. The Balaban J connectivity index is 2.54. The fraction of sp³-hybridized carbons (Fsp3) is 0. The summed E-state index contributed by atoms with van der Waals surface area (Å²) in [5.41, 5.74) is 2.15. The fourth-order valence-corrected chi connectivity index (χ4v) is 1.95. The van der Waals surface area contributed by atoms with Crippen molar-refractivity contribution in [3.8, 4) is 17.2 Å². The van der Waals surface area contributed by atoms with Crippen molar-refractivity contribution in [1.29, 1.82) is 5.26 Å². The molecule has 0 N–H and O–H groups in total. The van der Waals surface area contributed by atoms with Gasteiger partial charge in [0.2, 0.25) is 0 Å². The van der Waals surface area contributed by atoms with E-state index in [1.54, 1.807) is 18.2 Å². The number of nitrogens with zero attached hydrogens (tertiary/aromatic N) is 1. The Labute approximate surface area is 101 Å². The van der Waals surface area contributed by atoms with Crippen molar-refractivity contribution >= 4 is 15.9 Å². The van der Waals surface area contributed by atoms with E-state index in [0.717, 1.165) is 11.1 Å². The summed E-state index contributed by atoms with van der Waals surface area (Å²) in [5, 5.41) is 8.78. The average Bonchev–Trinajstić information content (AvgIpc) is 2.28. The van der Waals surface area contributed by atoms with Gasteiger partial charge < -0.3 is 0 Å². The van der Waals surface area contributed by atoms with E-state index in [9.17, 15) is 4.39 Å². The van der Waals surface area contributed by atoms with Crippen LogP contribution in [0.5, 0.6) is 0 Å². The molecule has 2 rings (SSSR count). The van der Waals surface area contributed by atoms with E-state index in [1.807, 2.05) is 12.1 Å². The number of rotatable bonds is 1. The van der Waals surface area contributed by atoms with E-state index in [2.05, 4.69) is 22.0 Å². The molecular formula is C13H7BrFN. The van der Waals surface area contributed by atoms with Gasteiger partial charge in [-0.05, 0) is 41.5 Å². The maximum atomic E-state index is 13.2. The zero-order valence-electron chi connectivity index (χ0n) is 8.24. The van der Waals surface area contributed by atoms with Gasteiger partial charge in [0.1, 0.15) is 5.82 Å². The summed E-state index contributed by atoms with van der Waals surface area (Å²) < 4.78 is 13.9. The van der Waals surface area contributed by atoms with Crippen LogP contribution in [0.15, 0.2) is 46.9 Å². The first-order valence-electron chi connectivity index (χ1n) is 4.65. The van der Waals surface area contributed by atoms with Crippen LogP contribution in [0.4, 0.5) is 4.39 Å². The molecule has 78 valence electrons. The van der Waals surface area contributed by atoms with E-state index in [4.69, 9.17) is 5.26 Å². The zero-order chi connectivity index (χ0) is 11.5. The van der Waals surface area contributed by atoms with Gasteiger partial charge in [-0.2, -0.15) is 5.26 Å². The Morgan fingerprint density at radius 1 is 1.06 bits per heavy atom. The third kappa shape index (κ3) is 2.29. The third-order valence-corrected chi connectivity index (χ3v) is 2.65. The van der Waals surface area contributed by atoms with Gasteiger partial charge in [-0.1, -0.05) is 28.1 Å². The number of hydrogen-bond donors (Lipinski definition) is 0. The van der Waals surface area contributed by atoms with Crippen LogP contribution >= 0.6 is 15.9 Å². The quantitative estimate of drug-likeness (QED) is 0.768. The van der Waals surface area contributed by atoms with Gasteiger partial charge >= 0.3 is 0 Å². The minimum atomic E-state index is -0.299. The van der Waals surface area contributed by atoms with Crippen molar-refractivity contribution in [3.05, 3.63) is 58.3 Å². The highest BCUT2D eigenvalue weighted by Crippen LogP contribution is 2.25. The largest absolute Gasteiger partial charge is 0.207 e. The number of nitriles is 1. The lowest BCUT2D eigenvalue weighted by molar-refractivity contribution is 0.627. The molecule has 0 spiro atoms. The Bertz CT molecular complexity index is 552. The fourth-order valence-electron chi connectivity index (χ4n) is 1.49. The lowest BCUT2D eigenvalue weighted by Gasteiger charge is -2.03. The van der Waals surface area contributed by atoms with E-state index in [1.165, 1.54) is 12.1 Å². The molecule has 1 nitrogen and oxygen atoms in total. The van der Waals surface area contributed by atoms with Crippen LogP contribution in [0.25, 0.3) is 11.1 Å². The lowest BCUT2D eigenvalue weighted by Crippen LogP contribution is -1.82. The molecular weight excluding hydrogens is 269 g/mol. The van der Waals surface area contributed by atoms with Crippen LogP contribution in [0.1, 0.15) is 5.56 Å². The van der Waals surface area contributed by atoms with Crippen molar-refractivity contribution in [3.63, 3.8) is 0 Å². The Morgan fingerprint density at radius 3 is 2.56 bits per heavy atom. The van der Waals surface area contributed by atoms with Gasteiger partial charge in [0.05, 0.1) is 11.6 Å². The first kappa shape index (κ1) is 10.8. The summed E-state index contributed by atoms with van der Waals surface area (Å²) >= 11 is 3.24. The molecule has 0 radical (unpaired) electrons. The van der Waals surface area contributed by atoms with Crippen LogP contribution in [0, 0.1) is 17.1 Å². The molecule has 0 amide bonds. The first-order chi connectivity index (χ1) is 7.69. The van der Waals surface area contributed by atoms with Crippen molar-refractivity contribution in [1.82, 2.24) is 0 Å². The predicted molar refractivity (Wildman–Crippen MR) is 64.3 cm³/mol. The summed E-state index contributed by atoms with van der Waals surface area (Å²) in [6.07, 6.45) is 0. The molecule has 0 saturated carbocycles. The van der Waals surface area contributed by atoms with E-state index < -0.39 is 0 Å². The zero-order valence-corrected chi connectivity index (χ0v) is 9.83. The normalized spacial score (nSPS) is 9.81. The van der Waals surface area contributed by atoms with Crippen molar-refractivity contribution in [2.75, 3.05) is 0 Å². The van der Waals surface area contributed by atoms with Crippen molar-refractivity contribution < 1.29 is 4.39 Å².